The summed E-state index contributed by atoms with van der Waals surface area (Å²) in [7, 11) is 0. The molecule has 1 fully saturated rings. The Hall–Kier alpha value is -1.85. The maximum atomic E-state index is 12.0. The Morgan fingerprint density at radius 1 is 1.44 bits per heavy atom. The number of aryl methyl sites for hydroxylation is 1. The second-order valence-corrected chi connectivity index (χ2v) is 4.66. The molecule has 1 aliphatic rings. The predicted molar refractivity (Wildman–Crippen MR) is 66.1 cm³/mol. The molecule has 98 valence electrons. The number of piperidine rings is 1. The van der Waals surface area contributed by atoms with Gasteiger partial charge < -0.3 is 10.2 Å². The van der Waals surface area contributed by atoms with Gasteiger partial charge in [0.05, 0.1) is 11.8 Å². The molecule has 18 heavy (non-hydrogen) atoms. The van der Waals surface area contributed by atoms with Crippen LogP contribution in [0.15, 0.2) is 6.20 Å². The van der Waals surface area contributed by atoms with Gasteiger partial charge >= 0.3 is 0 Å². The van der Waals surface area contributed by atoms with Crippen LogP contribution in [0.4, 0.5) is 0 Å². The smallest absolute Gasteiger partial charge is 0.254 e. The molecule has 6 heteroatoms. The van der Waals surface area contributed by atoms with Crippen molar-refractivity contribution >= 4 is 11.8 Å². The van der Waals surface area contributed by atoms with Crippen molar-refractivity contribution in [3.63, 3.8) is 0 Å². The van der Waals surface area contributed by atoms with Gasteiger partial charge in [-0.3, -0.25) is 14.7 Å². The number of amides is 2. The molecule has 1 saturated heterocycles. The van der Waals surface area contributed by atoms with Crippen LogP contribution in [0, 0.1) is 6.92 Å². The zero-order chi connectivity index (χ0) is 13.1. The van der Waals surface area contributed by atoms with E-state index in [0.717, 1.165) is 18.5 Å². The highest BCUT2D eigenvalue weighted by atomic mass is 16.2. The first-order valence-electron chi connectivity index (χ1n) is 6.14. The lowest BCUT2D eigenvalue weighted by Crippen LogP contribution is -2.46. The minimum Gasteiger partial charge on any atom is -0.349 e. The van der Waals surface area contributed by atoms with Crippen LogP contribution in [-0.2, 0) is 4.79 Å². The Morgan fingerprint density at radius 3 is 2.61 bits per heavy atom. The topological polar surface area (TPSA) is 78.1 Å². The van der Waals surface area contributed by atoms with E-state index in [1.54, 1.807) is 6.92 Å². The fourth-order valence-corrected chi connectivity index (χ4v) is 2.18. The van der Waals surface area contributed by atoms with E-state index in [4.69, 9.17) is 0 Å². The van der Waals surface area contributed by atoms with Gasteiger partial charge in [-0.25, -0.2) is 0 Å². The average molecular weight is 250 g/mol. The Balaban J connectivity index is 1.87. The number of nitrogens with zero attached hydrogens (tertiary/aromatic N) is 2. The highest BCUT2D eigenvalue weighted by molar-refractivity contribution is 5.95. The summed E-state index contributed by atoms with van der Waals surface area (Å²) in [5.41, 5.74) is 1.36. The van der Waals surface area contributed by atoms with Gasteiger partial charge in [0.2, 0.25) is 5.91 Å². The number of hydrogen-bond acceptors (Lipinski definition) is 3. The van der Waals surface area contributed by atoms with Gasteiger partial charge in [-0.1, -0.05) is 0 Å². The van der Waals surface area contributed by atoms with Gasteiger partial charge in [0.1, 0.15) is 0 Å². The lowest BCUT2D eigenvalue weighted by atomic mass is 10.0. The summed E-state index contributed by atoms with van der Waals surface area (Å²) in [6.07, 6.45) is 3.15. The molecule has 2 heterocycles. The minimum absolute atomic E-state index is 0.0949. The second kappa shape index (κ2) is 5.20. The molecule has 0 aliphatic carbocycles. The van der Waals surface area contributed by atoms with Crippen LogP contribution in [0.2, 0.25) is 0 Å². The van der Waals surface area contributed by atoms with Crippen LogP contribution in [0.3, 0.4) is 0 Å². The van der Waals surface area contributed by atoms with Gasteiger partial charge in [0.15, 0.2) is 0 Å². The zero-order valence-electron chi connectivity index (χ0n) is 10.7. The fraction of sp³-hybridized carbons (Fsp3) is 0.583. The number of aromatic nitrogens is 2. The van der Waals surface area contributed by atoms with Crippen LogP contribution in [-0.4, -0.2) is 46.0 Å². The first kappa shape index (κ1) is 12.6. The molecule has 0 saturated carbocycles. The van der Waals surface area contributed by atoms with Crippen LogP contribution in [0.25, 0.3) is 0 Å². The molecule has 0 atom stereocenters. The van der Waals surface area contributed by atoms with Crippen LogP contribution >= 0.6 is 0 Å². The molecule has 1 aromatic heterocycles. The highest BCUT2D eigenvalue weighted by Gasteiger charge is 2.23. The van der Waals surface area contributed by atoms with Crippen molar-refractivity contribution in [2.45, 2.75) is 32.7 Å². The minimum atomic E-state index is -0.0949. The van der Waals surface area contributed by atoms with E-state index in [2.05, 4.69) is 15.5 Å². The molecule has 6 nitrogen and oxygen atoms in total. The maximum absolute atomic E-state index is 12.0. The zero-order valence-corrected chi connectivity index (χ0v) is 10.7. The molecule has 1 aliphatic heterocycles. The first-order chi connectivity index (χ1) is 8.58. The van der Waals surface area contributed by atoms with Crippen molar-refractivity contribution in [3.8, 4) is 0 Å². The molecular formula is C12H18N4O2. The third-order valence-corrected chi connectivity index (χ3v) is 3.35. The van der Waals surface area contributed by atoms with Gasteiger partial charge in [-0.05, 0) is 19.8 Å². The number of carbonyl (C=O) groups is 2. The average Bonchev–Trinajstić information content (AvgIpc) is 2.76. The Bertz CT molecular complexity index is 447. The van der Waals surface area contributed by atoms with E-state index in [-0.39, 0.29) is 17.9 Å². The van der Waals surface area contributed by atoms with Crippen molar-refractivity contribution in [3.05, 3.63) is 17.5 Å². The summed E-state index contributed by atoms with van der Waals surface area (Å²) in [5, 5.41) is 9.56. The largest absolute Gasteiger partial charge is 0.349 e. The Kier molecular flexibility index (Phi) is 3.64. The molecule has 2 N–H and O–H groups in total. The lowest BCUT2D eigenvalue weighted by Gasteiger charge is -2.31. The van der Waals surface area contributed by atoms with Crippen molar-refractivity contribution < 1.29 is 9.59 Å². The number of nitrogens with one attached hydrogen (secondary N) is 2. The normalized spacial score (nSPS) is 16.7. The van der Waals surface area contributed by atoms with Gasteiger partial charge in [0.25, 0.3) is 5.91 Å². The van der Waals surface area contributed by atoms with Crippen LogP contribution in [0.1, 0.15) is 35.8 Å². The van der Waals surface area contributed by atoms with E-state index < -0.39 is 0 Å². The number of rotatable bonds is 2. The maximum Gasteiger partial charge on any atom is 0.254 e. The van der Waals surface area contributed by atoms with Crippen molar-refractivity contribution in [2.75, 3.05) is 13.1 Å². The Morgan fingerprint density at radius 2 is 2.11 bits per heavy atom. The molecule has 0 aromatic carbocycles. The van der Waals surface area contributed by atoms with E-state index >= 15 is 0 Å². The monoisotopic (exact) mass is 250 g/mol. The van der Waals surface area contributed by atoms with Crippen molar-refractivity contribution in [1.29, 1.82) is 0 Å². The molecule has 0 bridgehead atoms. The van der Waals surface area contributed by atoms with E-state index in [9.17, 15) is 9.59 Å². The van der Waals surface area contributed by atoms with Crippen LogP contribution in [0.5, 0.6) is 0 Å². The summed E-state index contributed by atoms with van der Waals surface area (Å²) >= 11 is 0. The van der Waals surface area contributed by atoms with Crippen molar-refractivity contribution in [2.24, 2.45) is 0 Å². The SMILES string of the molecule is CC(=O)N1CCC(NC(=O)c2cn[nH]c2C)CC1. The number of hydrogen-bond donors (Lipinski definition) is 2. The van der Waals surface area contributed by atoms with Crippen LogP contribution < -0.4 is 5.32 Å². The van der Waals surface area contributed by atoms with E-state index in [0.29, 0.717) is 18.7 Å². The lowest BCUT2D eigenvalue weighted by molar-refractivity contribution is -0.129. The molecule has 0 radical (unpaired) electrons. The van der Waals surface area contributed by atoms with E-state index in [1.807, 2.05) is 11.8 Å². The molecule has 2 amide bonds. The molecule has 0 spiro atoms. The Labute approximate surface area is 106 Å². The highest BCUT2D eigenvalue weighted by Crippen LogP contribution is 2.12. The first-order valence-corrected chi connectivity index (χ1v) is 6.14. The van der Waals surface area contributed by atoms with Gasteiger partial charge in [-0.2, -0.15) is 5.10 Å². The van der Waals surface area contributed by atoms with E-state index in [1.165, 1.54) is 6.20 Å². The second-order valence-electron chi connectivity index (χ2n) is 4.66. The quantitative estimate of drug-likeness (QED) is 0.800. The van der Waals surface area contributed by atoms with Gasteiger partial charge in [-0.15, -0.1) is 0 Å². The molecular weight excluding hydrogens is 232 g/mol. The summed E-state index contributed by atoms with van der Waals surface area (Å²) in [6, 6.07) is 0.141. The summed E-state index contributed by atoms with van der Waals surface area (Å²) in [6.45, 7) is 4.82. The summed E-state index contributed by atoms with van der Waals surface area (Å²) in [4.78, 5) is 25.0. The number of carbonyl (C=O) groups excluding carboxylic acids is 2. The number of likely N-dealkylation sites (tertiary alicyclic amines) is 1. The predicted octanol–water partition coefficient (Wildman–Crippen LogP) is 0.459. The van der Waals surface area contributed by atoms with Crippen molar-refractivity contribution in [1.82, 2.24) is 20.4 Å². The third-order valence-electron chi connectivity index (χ3n) is 3.35. The third kappa shape index (κ3) is 2.69. The number of H-pyrrole nitrogens is 1. The van der Waals surface area contributed by atoms with Gasteiger partial charge in [0, 0.05) is 31.7 Å². The molecule has 0 unspecified atom stereocenters. The fourth-order valence-electron chi connectivity index (χ4n) is 2.18. The summed E-state index contributed by atoms with van der Waals surface area (Å²) < 4.78 is 0. The standard InChI is InChI=1S/C12H18N4O2/c1-8-11(7-13-15-8)12(18)14-10-3-5-16(6-4-10)9(2)17/h7,10H,3-6H2,1-2H3,(H,13,15)(H,14,18). The molecule has 1 aromatic rings. The summed E-state index contributed by atoms with van der Waals surface area (Å²) in [5.74, 6) is 0.00739. The number of aromatic amines is 1. The molecule has 2 rings (SSSR count).